The smallest absolute Gasteiger partial charge is 0.253 e. The van der Waals surface area contributed by atoms with Gasteiger partial charge in [0.2, 0.25) is 5.91 Å². The van der Waals surface area contributed by atoms with Gasteiger partial charge in [-0.25, -0.2) is 4.98 Å². The molecule has 0 aliphatic carbocycles. The molecule has 1 atom stereocenters. The van der Waals surface area contributed by atoms with Gasteiger partial charge in [-0.1, -0.05) is 12.1 Å². The van der Waals surface area contributed by atoms with Gasteiger partial charge in [0, 0.05) is 49.8 Å². The molecule has 1 aliphatic rings. The Labute approximate surface area is 194 Å². The van der Waals surface area contributed by atoms with Crippen molar-refractivity contribution in [3.05, 3.63) is 71.6 Å². The third-order valence-corrected chi connectivity index (χ3v) is 6.34. The average Bonchev–Trinajstić information content (AvgIpc) is 3.42. The first-order valence-corrected chi connectivity index (χ1v) is 11.5. The van der Waals surface area contributed by atoms with Gasteiger partial charge in [-0.05, 0) is 57.4 Å². The van der Waals surface area contributed by atoms with E-state index in [1.54, 1.807) is 12.5 Å². The molecule has 0 spiro atoms. The van der Waals surface area contributed by atoms with Crippen LogP contribution in [0.4, 0.5) is 0 Å². The van der Waals surface area contributed by atoms with Gasteiger partial charge in [-0.15, -0.1) is 0 Å². The Morgan fingerprint density at radius 3 is 2.79 bits per heavy atom. The topological polar surface area (TPSA) is 85.0 Å². The van der Waals surface area contributed by atoms with E-state index in [1.165, 1.54) is 0 Å². The number of rotatable bonds is 7. The van der Waals surface area contributed by atoms with Gasteiger partial charge < -0.3 is 14.8 Å². The van der Waals surface area contributed by atoms with Gasteiger partial charge in [0.15, 0.2) is 0 Å². The quantitative estimate of drug-likeness (QED) is 0.602. The van der Waals surface area contributed by atoms with Crippen molar-refractivity contribution in [3.63, 3.8) is 0 Å². The van der Waals surface area contributed by atoms with E-state index in [9.17, 15) is 9.59 Å². The zero-order chi connectivity index (χ0) is 23.4. The van der Waals surface area contributed by atoms with E-state index in [4.69, 9.17) is 0 Å². The second-order valence-corrected chi connectivity index (χ2v) is 9.23. The van der Waals surface area contributed by atoms with Crippen LogP contribution in [-0.2, 0) is 17.9 Å². The number of carbonyl (C=O) groups is 2. The van der Waals surface area contributed by atoms with Crippen LogP contribution >= 0.6 is 0 Å². The zero-order valence-corrected chi connectivity index (χ0v) is 19.6. The molecule has 1 unspecified atom stereocenters. The summed E-state index contributed by atoms with van der Waals surface area (Å²) in [7, 11) is 0. The molecule has 2 aromatic heterocycles. The first kappa shape index (κ1) is 22.8. The Morgan fingerprint density at radius 1 is 1.21 bits per heavy atom. The summed E-state index contributed by atoms with van der Waals surface area (Å²) < 4.78 is 3.88. The number of piperidine rings is 1. The number of carbonyl (C=O) groups excluding carboxylic acids is 2. The molecule has 1 N–H and O–H groups in total. The van der Waals surface area contributed by atoms with Crippen LogP contribution < -0.4 is 5.32 Å². The molecule has 33 heavy (non-hydrogen) atoms. The van der Waals surface area contributed by atoms with Crippen LogP contribution in [0.1, 0.15) is 47.1 Å². The Hall–Kier alpha value is -3.42. The number of imidazole rings is 1. The van der Waals surface area contributed by atoms with Crippen LogP contribution in [0.3, 0.4) is 0 Å². The number of hydrogen-bond acceptors (Lipinski definition) is 4. The summed E-state index contributed by atoms with van der Waals surface area (Å²) in [6.07, 6.45) is 6.98. The van der Waals surface area contributed by atoms with Crippen LogP contribution in [0.25, 0.3) is 0 Å². The number of likely N-dealkylation sites (tertiary alicyclic amines) is 1. The van der Waals surface area contributed by atoms with Crippen LogP contribution in [0.15, 0.2) is 49.1 Å². The molecule has 3 heterocycles. The highest BCUT2D eigenvalue weighted by molar-refractivity contribution is 5.95. The standard InChI is InChI=1S/C25H32N6O2/c1-19-14-20(2)31(28-19)13-10-27-24(33)25(3)8-5-11-30(17-25)23(32)22-7-4-6-21(15-22)16-29-12-9-26-18-29/h4,6-7,9,12,14-15,18H,5,8,10-11,13,16-17H2,1-3H3,(H,27,33). The lowest BCUT2D eigenvalue weighted by Crippen LogP contribution is -2.52. The number of aromatic nitrogens is 4. The summed E-state index contributed by atoms with van der Waals surface area (Å²) in [5.41, 5.74) is 3.15. The highest BCUT2D eigenvalue weighted by atomic mass is 16.2. The maximum atomic E-state index is 13.3. The van der Waals surface area contributed by atoms with Crippen molar-refractivity contribution in [2.45, 2.75) is 46.7 Å². The van der Waals surface area contributed by atoms with Gasteiger partial charge in [-0.3, -0.25) is 14.3 Å². The third kappa shape index (κ3) is 5.32. The molecule has 3 aromatic rings. The summed E-state index contributed by atoms with van der Waals surface area (Å²) in [5.74, 6) is -0.0285. The molecule has 1 saturated heterocycles. The molecule has 0 saturated carbocycles. The lowest BCUT2D eigenvalue weighted by molar-refractivity contribution is -0.132. The fourth-order valence-corrected chi connectivity index (χ4v) is 4.56. The summed E-state index contributed by atoms with van der Waals surface area (Å²) in [6, 6.07) is 9.72. The van der Waals surface area contributed by atoms with Crippen LogP contribution in [0.5, 0.6) is 0 Å². The number of nitrogens with zero attached hydrogens (tertiary/aromatic N) is 5. The summed E-state index contributed by atoms with van der Waals surface area (Å²) >= 11 is 0. The highest BCUT2D eigenvalue weighted by Gasteiger charge is 2.39. The molecule has 0 bridgehead atoms. The Kier molecular flexibility index (Phi) is 6.62. The monoisotopic (exact) mass is 448 g/mol. The summed E-state index contributed by atoms with van der Waals surface area (Å²) in [4.78, 5) is 32.2. The molecule has 174 valence electrons. The second-order valence-electron chi connectivity index (χ2n) is 9.23. The van der Waals surface area contributed by atoms with E-state index in [-0.39, 0.29) is 11.8 Å². The maximum Gasteiger partial charge on any atom is 0.253 e. The van der Waals surface area contributed by atoms with E-state index in [1.807, 2.05) is 71.4 Å². The SMILES string of the molecule is Cc1cc(C)n(CCNC(=O)C2(C)CCCN(C(=O)c3cccc(Cn4ccnc4)c3)C2)n1. The predicted octanol–water partition coefficient (Wildman–Crippen LogP) is 2.80. The van der Waals surface area contributed by atoms with Crippen molar-refractivity contribution < 1.29 is 9.59 Å². The van der Waals surface area contributed by atoms with E-state index in [0.717, 1.165) is 29.8 Å². The molecule has 1 aliphatic heterocycles. The first-order valence-electron chi connectivity index (χ1n) is 11.5. The Balaban J connectivity index is 1.37. The normalized spacial score (nSPS) is 18.3. The van der Waals surface area contributed by atoms with Crippen molar-refractivity contribution in [1.29, 1.82) is 0 Å². The van der Waals surface area contributed by atoms with E-state index in [2.05, 4.69) is 15.4 Å². The fraction of sp³-hybridized carbons (Fsp3) is 0.440. The van der Waals surface area contributed by atoms with E-state index < -0.39 is 5.41 Å². The van der Waals surface area contributed by atoms with Crippen molar-refractivity contribution in [3.8, 4) is 0 Å². The average molecular weight is 449 g/mol. The van der Waals surface area contributed by atoms with Crippen LogP contribution in [0, 0.1) is 19.3 Å². The molecule has 8 heteroatoms. The molecule has 1 aromatic carbocycles. The number of aryl methyl sites for hydroxylation is 2. The lowest BCUT2D eigenvalue weighted by atomic mass is 9.80. The second kappa shape index (κ2) is 9.60. The number of benzene rings is 1. The zero-order valence-electron chi connectivity index (χ0n) is 19.6. The number of hydrogen-bond donors (Lipinski definition) is 1. The predicted molar refractivity (Wildman–Crippen MR) is 126 cm³/mol. The minimum atomic E-state index is -0.600. The van der Waals surface area contributed by atoms with Crippen molar-refractivity contribution in [2.75, 3.05) is 19.6 Å². The molecule has 2 amide bonds. The lowest BCUT2D eigenvalue weighted by Gasteiger charge is -2.39. The summed E-state index contributed by atoms with van der Waals surface area (Å²) in [6.45, 7) is 8.83. The molecule has 4 rings (SSSR count). The van der Waals surface area contributed by atoms with Crippen molar-refractivity contribution in [2.24, 2.45) is 5.41 Å². The minimum Gasteiger partial charge on any atom is -0.354 e. The molecule has 8 nitrogen and oxygen atoms in total. The fourth-order valence-electron chi connectivity index (χ4n) is 4.56. The van der Waals surface area contributed by atoms with Crippen molar-refractivity contribution in [1.82, 2.24) is 29.5 Å². The third-order valence-electron chi connectivity index (χ3n) is 6.34. The van der Waals surface area contributed by atoms with Gasteiger partial charge in [0.1, 0.15) is 0 Å². The maximum absolute atomic E-state index is 13.3. The van der Waals surface area contributed by atoms with Gasteiger partial charge >= 0.3 is 0 Å². The molecular weight excluding hydrogens is 416 g/mol. The highest BCUT2D eigenvalue weighted by Crippen LogP contribution is 2.30. The van der Waals surface area contributed by atoms with Crippen molar-refractivity contribution >= 4 is 11.8 Å². The van der Waals surface area contributed by atoms with Crippen LogP contribution in [-0.4, -0.2) is 55.7 Å². The van der Waals surface area contributed by atoms with E-state index >= 15 is 0 Å². The van der Waals surface area contributed by atoms with E-state index in [0.29, 0.717) is 38.3 Å². The largest absolute Gasteiger partial charge is 0.354 e. The molecular formula is C25H32N6O2. The minimum absolute atomic E-state index is 0.00427. The van der Waals surface area contributed by atoms with Crippen LogP contribution in [0.2, 0.25) is 0 Å². The van der Waals surface area contributed by atoms with Gasteiger partial charge in [0.05, 0.1) is 24.0 Å². The first-order chi connectivity index (χ1) is 15.8. The van der Waals surface area contributed by atoms with Gasteiger partial charge in [-0.2, -0.15) is 5.10 Å². The number of amides is 2. The molecule has 1 fully saturated rings. The molecule has 0 radical (unpaired) electrons. The Bertz CT molecular complexity index is 1120. The van der Waals surface area contributed by atoms with Gasteiger partial charge in [0.25, 0.3) is 5.91 Å². The Morgan fingerprint density at radius 2 is 2.06 bits per heavy atom. The number of nitrogens with one attached hydrogen (secondary N) is 1. The summed E-state index contributed by atoms with van der Waals surface area (Å²) in [5, 5.41) is 7.51.